The first-order valence-corrected chi connectivity index (χ1v) is 8.69. The molecule has 2 aromatic rings. The van der Waals surface area contributed by atoms with Gasteiger partial charge in [0.1, 0.15) is 17.4 Å². The highest BCUT2D eigenvalue weighted by molar-refractivity contribution is 5.92. The van der Waals surface area contributed by atoms with Crippen molar-refractivity contribution in [3.05, 3.63) is 35.5 Å². The molecule has 2 N–H and O–H groups in total. The van der Waals surface area contributed by atoms with E-state index in [2.05, 4.69) is 25.6 Å². The largest absolute Gasteiger partial charge is 0.459 e. The van der Waals surface area contributed by atoms with Gasteiger partial charge >= 0.3 is 0 Å². The number of carbonyl (C=O) groups excluding carboxylic acids is 3. The molecule has 3 amide bonds. The molecule has 2 atom stereocenters. The Labute approximate surface area is 155 Å². The molecule has 0 spiro atoms. The fourth-order valence-corrected chi connectivity index (χ4v) is 3.08. The molecule has 0 aliphatic carbocycles. The van der Waals surface area contributed by atoms with Crippen LogP contribution in [0.3, 0.4) is 0 Å². The van der Waals surface area contributed by atoms with Crippen LogP contribution in [0.2, 0.25) is 0 Å². The van der Waals surface area contributed by atoms with Crippen molar-refractivity contribution < 1.29 is 23.4 Å². The van der Waals surface area contributed by atoms with Crippen LogP contribution in [-0.4, -0.2) is 58.1 Å². The number of amides is 3. The molecule has 1 fully saturated rings. The number of nitrogens with zero attached hydrogens (tertiary/aromatic N) is 3. The first kappa shape index (κ1) is 18.6. The van der Waals surface area contributed by atoms with Crippen LogP contribution in [-0.2, 0) is 16.0 Å². The van der Waals surface area contributed by atoms with Crippen molar-refractivity contribution >= 4 is 17.7 Å². The number of aromatic nitrogens is 2. The van der Waals surface area contributed by atoms with Crippen molar-refractivity contribution in [1.82, 2.24) is 25.8 Å². The second-order valence-electron chi connectivity index (χ2n) is 6.31. The fraction of sp³-hybridized carbons (Fsp3) is 0.471. The summed E-state index contributed by atoms with van der Waals surface area (Å²) in [6.07, 6.45) is 1.70. The summed E-state index contributed by atoms with van der Waals surface area (Å²) < 4.78 is 9.70. The van der Waals surface area contributed by atoms with Crippen LogP contribution in [0.1, 0.15) is 35.3 Å². The molecule has 0 bridgehead atoms. The van der Waals surface area contributed by atoms with Gasteiger partial charge in [-0.05, 0) is 32.4 Å². The molecule has 0 saturated carbocycles. The van der Waals surface area contributed by atoms with Crippen molar-refractivity contribution in [3.63, 3.8) is 0 Å². The van der Waals surface area contributed by atoms with Crippen LogP contribution < -0.4 is 10.6 Å². The molecule has 10 heteroatoms. The van der Waals surface area contributed by atoms with E-state index in [-0.39, 0.29) is 42.5 Å². The topological polar surface area (TPSA) is 131 Å². The zero-order chi connectivity index (χ0) is 19.4. The Bertz CT molecular complexity index is 816. The molecular weight excluding hydrogens is 354 g/mol. The molecule has 144 valence electrons. The third kappa shape index (κ3) is 4.15. The average molecular weight is 375 g/mol. The first-order chi connectivity index (χ1) is 13.0. The standard InChI is InChI=1S/C17H21N5O5/c1-3-18-16(24)13-7-11(19-17(25)14-5-4-6-26-14)9-22(13)15(23)8-12-10(2)20-27-21-12/h4-6,11,13H,3,7-9H2,1-2H3,(H,18,24)(H,19,25)/t11-,13-/m0/s1. The van der Waals surface area contributed by atoms with E-state index in [4.69, 9.17) is 4.42 Å². The highest BCUT2D eigenvalue weighted by atomic mass is 16.6. The van der Waals surface area contributed by atoms with Crippen LogP contribution in [0.4, 0.5) is 0 Å². The zero-order valence-electron chi connectivity index (χ0n) is 15.1. The number of hydrogen-bond donors (Lipinski definition) is 2. The number of rotatable bonds is 6. The Balaban J connectivity index is 1.71. The fourth-order valence-electron chi connectivity index (χ4n) is 3.08. The maximum Gasteiger partial charge on any atom is 0.287 e. The average Bonchev–Trinajstić information content (AvgIpc) is 3.37. The summed E-state index contributed by atoms with van der Waals surface area (Å²) in [6.45, 7) is 4.17. The quantitative estimate of drug-likeness (QED) is 0.729. The lowest BCUT2D eigenvalue weighted by atomic mass is 10.1. The third-order valence-corrected chi connectivity index (χ3v) is 4.42. The Morgan fingerprint density at radius 1 is 1.33 bits per heavy atom. The highest BCUT2D eigenvalue weighted by Crippen LogP contribution is 2.20. The molecule has 2 aromatic heterocycles. The minimum absolute atomic E-state index is 0.0237. The maximum atomic E-state index is 12.7. The maximum absolute atomic E-state index is 12.7. The van der Waals surface area contributed by atoms with Gasteiger partial charge < -0.3 is 20.0 Å². The van der Waals surface area contributed by atoms with Gasteiger partial charge in [0.15, 0.2) is 5.76 Å². The lowest BCUT2D eigenvalue weighted by Gasteiger charge is -2.23. The van der Waals surface area contributed by atoms with Gasteiger partial charge in [-0.1, -0.05) is 10.3 Å². The molecular formula is C17H21N5O5. The van der Waals surface area contributed by atoms with Crippen LogP contribution in [0, 0.1) is 6.92 Å². The molecule has 3 heterocycles. The van der Waals surface area contributed by atoms with E-state index in [1.54, 1.807) is 26.0 Å². The molecule has 1 aliphatic heterocycles. The zero-order valence-corrected chi connectivity index (χ0v) is 15.1. The minimum atomic E-state index is -0.667. The first-order valence-electron chi connectivity index (χ1n) is 8.69. The molecule has 10 nitrogen and oxygen atoms in total. The van der Waals surface area contributed by atoms with Gasteiger partial charge in [-0.15, -0.1) is 0 Å². The van der Waals surface area contributed by atoms with Crippen LogP contribution >= 0.6 is 0 Å². The molecule has 0 radical (unpaired) electrons. The van der Waals surface area contributed by atoms with Gasteiger partial charge in [0.2, 0.25) is 11.8 Å². The molecule has 3 rings (SSSR count). The van der Waals surface area contributed by atoms with E-state index in [9.17, 15) is 14.4 Å². The normalized spacial score (nSPS) is 19.1. The van der Waals surface area contributed by atoms with E-state index in [0.717, 1.165) is 0 Å². The summed E-state index contributed by atoms with van der Waals surface area (Å²) in [4.78, 5) is 38.8. The number of carbonyl (C=O) groups is 3. The van der Waals surface area contributed by atoms with Gasteiger partial charge in [-0.3, -0.25) is 14.4 Å². The Kier molecular flexibility index (Phi) is 5.53. The Hall–Kier alpha value is -3.17. The van der Waals surface area contributed by atoms with E-state index < -0.39 is 6.04 Å². The number of nitrogens with one attached hydrogen (secondary N) is 2. The predicted molar refractivity (Wildman–Crippen MR) is 91.5 cm³/mol. The minimum Gasteiger partial charge on any atom is -0.459 e. The highest BCUT2D eigenvalue weighted by Gasteiger charge is 2.40. The molecule has 0 unspecified atom stereocenters. The van der Waals surface area contributed by atoms with Gasteiger partial charge in [0.05, 0.1) is 12.7 Å². The summed E-state index contributed by atoms with van der Waals surface area (Å²) in [5.74, 6) is -0.737. The summed E-state index contributed by atoms with van der Waals surface area (Å²) in [5.41, 5.74) is 0.956. The van der Waals surface area contributed by atoms with Gasteiger partial charge in [0, 0.05) is 19.1 Å². The SMILES string of the molecule is CCNC(=O)[C@@H]1C[C@H](NC(=O)c2ccco2)CN1C(=O)Cc1nonc1C. The monoisotopic (exact) mass is 375 g/mol. The van der Waals surface area contributed by atoms with Crippen LogP contribution in [0.5, 0.6) is 0 Å². The molecule has 27 heavy (non-hydrogen) atoms. The summed E-state index contributed by atoms with van der Waals surface area (Å²) >= 11 is 0. The summed E-state index contributed by atoms with van der Waals surface area (Å²) in [7, 11) is 0. The van der Waals surface area contributed by atoms with Gasteiger partial charge in [-0.25, -0.2) is 4.63 Å². The van der Waals surface area contributed by atoms with Crippen LogP contribution in [0.25, 0.3) is 0 Å². The second-order valence-corrected chi connectivity index (χ2v) is 6.31. The molecule has 0 aromatic carbocycles. The van der Waals surface area contributed by atoms with Crippen molar-refractivity contribution in [2.75, 3.05) is 13.1 Å². The predicted octanol–water partition coefficient (Wildman–Crippen LogP) is 0.0491. The van der Waals surface area contributed by atoms with Crippen LogP contribution in [0.15, 0.2) is 27.4 Å². The van der Waals surface area contributed by atoms with Crippen molar-refractivity contribution in [2.45, 2.75) is 38.8 Å². The number of likely N-dealkylation sites (N-methyl/N-ethyl adjacent to an activating group) is 1. The molecule has 1 saturated heterocycles. The number of hydrogen-bond acceptors (Lipinski definition) is 7. The lowest BCUT2D eigenvalue weighted by molar-refractivity contribution is -0.138. The van der Waals surface area contributed by atoms with E-state index in [1.165, 1.54) is 11.2 Å². The van der Waals surface area contributed by atoms with Crippen molar-refractivity contribution in [1.29, 1.82) is 0 Å². The van der Waals surface area contributed by atoms with E-state index in [0.29, 0.717) is 24.4 Å². The number of furan rings is 1. The Morgan fingerprint density at radius 3 is 2.78 bits per heavy atom. The summed E-state index contributed by atoms with van der Waals surface area (Å²) in [5, 5.41) is 12.9. The van der Waals surface area contributed by atoms with E-state index >= 15 is 0 Å². The van der Waals surface area contributed by atoms with Crippen molar-refractivity contribution in [2.24, 2.45) is 0 Å². The number of aryl methyl sites for hydroxylation is 1. The van der Waals surface area contributed by atoms with Gasteiger partial charge in [-0.2, -0.15) is 0 Å². The summed E-state index contributed by atoms with van der Waals surface area (Å²) in [6, 6.07) is 2.13. The number of likely N-dealkylation sites (tertiary alicyclic amines) is 1. The smallest absolute Gasteiger partial charge is 0.287 e. The van der Waals surface area contributed by atoms with Gasteiger partial charge in [0.25, 0.3) is 5.91 Å². The lowest BCUT2D eigenvalue weighted by Crippen LogP contribution is -2.46. The Morgan fingerprint density at radius 2 is 2.15 bits per heavy atom. The van der Waals surface area contributed by atoms with Crippen molar-refractivity contribution in [3.8, 4) is 0 Å². The van der Waals surface area contributed by atoms with E-state index in [1.807, 2.05) is 0 Å². The second kappa shape index (κ2) is 8.02. The molecule has 1 aliphatic rings. The third-order valence-electron chi connectivity index (χ3n) is 4.42.